The lowest BCUT2D eigenvalue weighted by molar-refractivity contribution is 0.243. The number of rotatable bonds is 4. The van der Waals surface area contributed by atoms with Crippen LogP contribution in [0, 0.1) is 19.7 Å². The maximum atomic E-state index is 14.5. The number of nitrogens with zero attached hydrogens (tertiary/aromatic N) is 5. The molecule has 4 rings (SSSR count). The van der Waals surface area contributed by atoms with Crippen LogP contribution in [0.3, 0.4) is 0 Å². The number of hydrogen-bond donors (Lipinski definition) is 1. The van der Waals surface area contributed by atoms with E-state index in [2.05, 4.69) is 24.8 Å². The molecule has 3 aromatic heterocycles. The molecule has 1 aliphatic rings. The van der Waals surface area contributed by atoms with Gasteiger partial charge >= 0.3 is 0 Å². The van der Waals surface area contributed by atoms with E-state index < -0.39 is 0 Å². The van der Waals surface area contributed by atoms with Gasteiger partial charge in [-0.05, 0) is 25.8 Å². The van der Waals surface area contributed by atoms with Crippen LogP contribution in [0.5, 0.6) is 0 Å². The van der Waals surface area contributed by atoms with Gasteiger partial charge in [-0.25, -0.2) is 19.3 Å². The molecule has 0 atom stereocenters. The summed E-state index contributed by atoms with van der Waals surface area (Å²) in [4.78, 5) is 34.2. The summed E-state index contributed by atoms with van der Waals surface area (Å²) in [5.41, 5.74) is 1.38. The number of halogens is 1. The van der Waals surface area contributed by atoms with Crippen molar-refractivity contribution in [3.63, 3.8) is 0 Å². The molecule has 0 aromatic carbocycles. The van der Waals surface area contributed by atoms with Crippen LogP contribution in [0.2, 0.25) is 0 Å². The zero-order chi connectivity index (χ0) is 19.8. The van der Waals surface area contributed by atoms with Gasteiger partial charge in [-0.15, -0.1) is 11.3 Å². The number of hydrogen-bond acceptors (Lipinski definition) is 7. The van der Waals surface area contributed by atoms with Crippen LogP contribution in [0.1, 0.15) is 28.9 Å². The van der Waals surface area contributed by atoms with Crippen molar-refractivity contribution >= 4 is 27.4 Å². The molecule has 1 fully saturated rings. The molecule has 3 aromatic rings. The summed E-state index contributed by atoms with van der Waals surface area (Å²) in [5.74, 6) is 0.732. The van der Waals surface area contributed by atoms with E-state index >= 15 is 0 Å². The van der Waals surface area contributed by atoms with E-state index in [0.717, 1.165) is 28.4 Å². The molecule has 1 N–H and O–H groups in total. The summed E-state index contributed by atoms with van der Waals surface area (Å²) in [6.45, 7) is 9.25. The zero-order valence-corrected chi connectivity index (χ0v) is 17.1. The summed E-state index contributed by atoms with van der Waals surface area (Å²) in [6.07, 6.45) is 1.98. The Labute approximate surface area is 166 Å². The molecule has 4 heterocycles. The molecule has 1 aliphatic heterocycles. The Balaban J connectivity index is 1.46. The molecule has 9 heteroatoms. The van der Waals surface area contributed by atoms with Gasteiger partial charge in [0.1, 0.15) is 17.0 Å². The Morgan fingerprint density at radius 2 is 1.96 bits per heavy atom. The molecule has 0 saturated carbocycles. The molecule has 0 unspecified atom stereocenters. The molecule has 0 amide bonds. The predicted molar refractivity (Wildman–Crippen MR) is 109 cm³/mol. The van der Waals surface area contributed by atoms with E-state index in [0.29, 0.717) is 48.8 Å². The molecule has 0 aliphatic carbocycles. The number of aromatic amines is 1. The minimum absolute atomic E-state index is 0.0735. The lowest BCUT2D eigenvalue weighted by Gasteiger charge is -2.35. The van der Waals surface area contributed by atoms with E-state index in [1.54, 1.807) is 11.3 Å². The first-order valence-electron chi connectivity index (χ1n) is 9.43. The minimum Gasteiger partial charge on any atom is -0.352 e. The van der Waals surface area contributed by atoms with Gasteiger partial charge < -0.3 is 9.88 Å². The van der Waals surface area contributed by atoms with Crippen LogP contribution in [-0.2, 0) is 13.0 Å². The second-order valence-corrected chi connectivity index (χ2v) is 8.25. The van der Waals surface area contributed by atoms with Crippen LogP contribution < -0.4 is 10.5 Å². The van der Waals surface area contributed by atoms with Crippen molar-refractivity contribution in [3.05, 3.63) is 44.5 Å². The smallest absolute Gasteiger partial charge is 0.259 e. The molecule has 1 saturated heterocycles. The average Bonchev–Trinajstić information content (AvgIpc) is 2.97. The molecule has 7 nitrogen and oxygen atoms in total. The second-order valence-electron chi connectivity index (χ2n) is 7.05. The second kappa shape index (κ2) is 7.56. The molecule has 148 valence electrons. The normalized spacial score (nSPS) is 15.5. The highest BCUT2D eigenvalue weighted by atomic mass is 32.1. The Kier molecular flexibility index (Phi) is 5.11. The minimum atomic E-state index is -0.321. The van der Waals surface area contributed by atoms with Crippen LogP contribution in [-0.4, -0.2) is 51.0 Å². The summed E-state index contributed by atoms with van der Waals surface area (Å²) < 4.78 is 14.5. The zero-order valence-electron chi connectivity index (χ0n) is 16.3. The third kappa shape index (κ3) is 3.40. The Morgan fingerprint density at radius 1 is 1.21 bits per heavy atom. The molecular weight excluding hydrogens is 379 g/mol. The predicted octanol–water partition coefficient (Wildman–Crippen LogP) is 2.42. The summed E-state index contributed by atoms with van der Waals surface area (Å²) in [6, 6.07) is 0. The monoisotopic (exact) mass is 402 g/mol. The van der Waals surface area contributed by atoms with Gasteiger partial charge in [0.15, 0.2) is 11.6 Å². The van der Waals surface area contributed by atoms with E-state index in [1.807, 2.05) is 25.7 Å². The van der Waals surface area contributed by atoms with E-state index in [4.69, 9.17) is 0 Å². The number of aromatic nitrogens is 4. The van der Waals surface area contributed by atoms with Gasteiger partial charge in [0.2, 0.25) is 0 Å². The van der Waals surface area contributed by atoms with Crippen molar-refractivity contribution in [2.75, 3.05) is 31.1 Å². The Hall–Kier alpha value is -2.39. The topological polar surface area (TPSA) is 78.0 Å². The molecular formula is C19H23FN6OS. The first-order valence-corrected chi connectivity index (χ1v) is 10.2. The standard InChI is InChI=1S/C19H23FN6OS/c1-4-13-16(20)17(22-10-21-13)26-7-5-25(6-8-26)9-14-23-18(27)15-11(2)12(3)28-19(15)24-14/h10H,4-9H2,1-3H3,(H,23,24,27). The van der Waals surface area contributed by atoms with Crippen LogP contribution in [0.4, 0.5) is 10.2 Å². The highest BCUT2D eigenvalue weighted by Crippen LogP contribution is 2.26. The van der Waals surface area contributed by atoms with Crippen molar-refractivity contribution in [2.45, 2.75) is 33.7 Å². The molecule has 0 bridgehead atoms. The van der Waals surface area contributed by atoms with Crippen molar-refractivity contribution < 1.29 is 4.39 Å². The molecule has 0 radical (unpaired) electrons. The third-order valence-corrected chi connectivity index (χ3v) is 6.41. The number of thiophene rings is 1. The Morgan fingerprint density at radius 3 is 2.68 bits per heavy atom. The van der Waals surface area contributed by atoms with Crippen molar-refractivity contribution in [2.24, 2.45) is 0 Å². The first-order chi connectivity index (χ1) is 13.5. The van der Waals surface area contributed by atoms with Gasteiger partial charge in [0, 0.05) is 31.1 Å². The van der Waals surface area contributed by atoms with E-state index in [9.17, 15) is 9.18 Å². The van der Waals surface area contributed by atoms with Gasteiger partial charge in [-0.3, -0.25) is 9.69 Å². The van der Waals surface area contributed by atoms with E-state index in [-0.39, 0.29) is 11.4 Å². The van der Waals surface area contributed by atoms with Crippen molar-refractivity contribution in [3.8, 4) is 0 Å². The van der Waals surface area contributed by atoms with Crippen LogP contribution >= 0.6 is 11.3 Å². The third-order valence-electron chi connectivity index (χ3n) is 5.31. The van der Waals surface area contributed by atoms with Crippen molar-refractivity contribution in [1.29, 1.82) is 0 Å². The number of nitrogens with one attached hydrogen (secondary N) is 1. The Bertz CT molecular complexity index is 1070. The lowest BCUT2D eigenvalue weighted by atomic mass is 10.2. The highest BCUT2D eigenvalue weighted by Gasteiger charge is 2.23. The largest absolute Gasteiger partial charge is 0.352 e. The lowest BCUT2D eigenvalue weighted by Crippen LogP contribution is -2.47. The fourth-order valence-corrected chi connectivity index (χ4v) is 4.62. The van der Waals surface area contributed by atoms with Crippen LogP contribution in [0.15, 0.2) is 11.1 Å². The maximum Gasteiger partial charge on any atom is 0.259 e. The van der Waals surface area contributed by atoms with Gasteiger partial charge in [0.05, 0.1) is 17.6 Å². The summed E-state index contributed by atoms with van der Waals surface area (Å²) in [7, 11) is 0. The van der Waals surface area contributed by atoms with Crippen LogP contribution in [0.25, 0.3) is 10.2 Å². The average molecular weight is 402 g/mol. The SMILES string of the molecule is CCc1ncnc(N2CCN(Cc3nc4sc(C)c(C)c4c(=O)[nH]3)CC2)c1F. The van der Waals surface area contributed by atoms with Gasteiger partial charge in [-0.2, -0.15) is 0 Å². The van der Waals surface area contributed by atoms with E-state index in [1.165, 1.54) is 6.33 Å². The number of piperazine rings is 1. The number of fused-ring (bicyclic) bond motifs is 1. The first kappa shape index (κ1) is 18.9. The number of aryl methyl sites for hydroxylation is 3. The number of H-pyrrole nitrogens is 1. The molecule has 0 spiro atoms. The maximum absolute atomic E-state index is 14.5. The number of anilines is 1. The highest BCUT2D eigenvalue weighted by molar-refractivity contribution is 7.18. The fourth-order valence-electron chi connectivity index (χ4n) is 3.57. The van der Waals surface area contributed by atoms with Crippen molar-refractivity contribution in [1.82, 2.24) is 24.8 Å². The van der Waals surface area contributed by atoms with Gasteiger partial charge in [-0.1, -0.05) is 6.92 Å². The summed E-state index contributed by atoms with van der Waals surface area (Å²) >= 11 is 1.56. The summed E-state index contributed by atoms with van der Waals surface area (Å²) in [5, 5.41) is 0.696. The molecule has 28 heavy (non-hydrogen) atoms. The van der Waals surface area contributed by atoms with Gasteiger partial charge in [0.25, 0.3) is 5.56 Å². The quantitative estimate of drug-likeness (QED) is 0.722. The fraction of sp³-hybridized carbons (Fsp3) is 0.474.